The topological polar surface area (TPSA) is 88.9 Å². The van der Waals surface area contributed by atoms with Gasteiger partial charge in [-0.2, -0.15) is 0 Å². The predicted octanol–water partition coefficient (Wildman–Crippen LogP) is 5.91. The second-order valence-electron chi connectivity index (χ2n) is 8.26. The van der Waals surface area contributed by atoms with E-state index < -0.39 is 5.97 Å². The molecule has 0 unspecified atom stereocenters. The molecule has 182 valence electrons. The van der Waals surface area contributed by atoms with Crippen LogP contribution in [0.3, 0.4) is 0 Å². The quantitative estimate of drug-likeness (QED) is 0.277. The Labute approximate surface area is 208 Å². The summed E-state index contributed by atoms with van der Waals surface area (Å²) in [7, 11) is 0. The zero-order chi connectivity index (χ0) is 24.8. The van der Waals surface area contributed by atoms with E-state index in [1.165, 1.54) is 0 Å². The number of furan rings is 1. The Bertz CT molecular complexity index is 1280. The Balaban J connectivity index is 1.35. The highest BCUT2D eigenvalue weighted by Crippen LogP contribution is 2.29. The minimum absolute atomic E-state index is 0.114. The van der Waals surface area contributed by atoms with Crippen molar-refractivity contribution in [3.63, 3.8) is 0 Å². The van der Waals surface area contributed by atoms with E-state index in [0.29, 0.717) is 48.6 Å². The summed E-state index contributed by atoms with van der Waals surface area (Å²) in [6, 6.07) is 18.8. The van der Waals surface area contributed by atoms with Crippen LogP contribution in [0.4, 0.5) is 0 Å². The van der Waals surface area contributed by atoms with Gasteiger partial charge in [0.15, 0.2) is 5.89 Å². The standard InChI is InChI=1S/C27H27ClN2O5/c1-18-25(29-19(2)34-18)13-14-33-21-9-7-20(8-10-21)15-30(17-27(31)32)16-22-11-12-26(35-22)23-5-3-4-6-24(23)28/h3-12H,13-17H2,1-2H3,(H,31,32). The molecule has 0 spiro atoms. The third-order valence-electron chi connectivity index (χ3n) is 5.48. The van der Waals surface area contributed by atoms with Crippen LogP contribution < -0.4 is 4.74 Å². The minimum Gasteiger partial charge on any atom is -0.493 e. The zero-order valence-corrected chi connectivity index (χ0v) is 20.4. The largest absolute Gasteiger partial charge is 0.493 e. The van der Waals surface area contributed by atoms with Gasteiger partial charge in [-0.25, -0.2) is 4.98 Å². The lowest BCUT2D eigenvalue weighted by Gasteiger charge is -2.19. The summed E-state index contributed by atoms with van der Waals surface area (Å²) < 4.78 is 17.2. The van der Waals surface area contributed by atoms with Crippen molar-refractivity contribution in [3.05, 3.63) is 94.4 Å². The monoisotopic (exact) mass is 494 g/mol. The number of rotatable bonds is 11. The molecule has 0 amide bonds. The van der Waals surface area contributed by atoms with Crippen LogP contribution in [0.2, 0.25) is 5.02 Å². The first-order chi connectivity index (χ1) is 16.9. The molecular weight excluding hydrogens is 468 g/mol. The van der Waals surface area contributed by atoms with E-state index in [0.717, 1.165) is 28.3 Å². The van der Waals surface area contributed by atoms with E-state index in [4.69, 9.17) is 25.2 Å². The number of ether oxygens (including phenoxy) is 1. The van der Waals surface area contributed by atoms with Crippen molar-refractivity contribution in [1.82, 2.24) is 9.88 Å². The van der Waals surface area contributed by atoms with Crippen molar-refractivity contribution in [1.29, 1.82) is 0 Å². The summed E-state index contributed by atoms with van der Waals surface area (Å²) in [4.78, 5) is 17.6. The maximum atomic E-state index is 11.5. The highest BCUT2D eigenvalue weighted by atomic mass is 35.5. The molecule has 35 heavy (non-hydrogen) atoms. The summed E-state index contributed by atoms with van der Waals surface area (Å²) >= 11 is 6.27. The molecule has 0 atom stereocenters. The number of carboxylic acids is 1. The van der Waals surface area contributed by atoms with E-state index in [9.17, 15) is 9.90 Å². The second kappa shape index (κ2) is 11.3. The predicted molar refractivity (Wildman–Crippen MR) is 133 cm³/mol. The van der Waals surface area contributed by atoms with Crippen molar-refractivity contribution < 1.29 is 23.5 Å². The van der Waals surface area contributed by atoms with Gasteiger partial charge in [0.25, 0.3) is 0 Å². The van der Waals surface area contributed by atoms with Gasteiger partial charge in [-0.3, -0.25) is 9.69 Å². The number of carboxylic acid groups (broad SMARTS) is 1. The van der Waals surface area contributed by atoms with Crippen LogP contribution >= 0.6 is 11.6 Å². The lowest BCUT2D eigenvalue weighted by atomic mass is 10.2. The Morgan fingerprint density at radius 1 is 1.03 bits per heavy atom. The first kappa shape index (κ1) is 24.6. The van der Waals surface area contributed by atoms with Crippen molar-refractivity contribution in [2.24, 2.45) is 0 Å². The molecule has 0 aliphatic carbocycles. The number of aliphatic carboxylic acids is 1. The lowest BCUT2D eigenvalue weighted by Crippen LogP contribution is -2.28. The fourth-order valence-electron chi connectivity index (χ4n) is 3.87. The van der Waals surface area contributed by atoms with Gasteiger partial charge in [-0.05, 0) is 48.9 Å². The first-order valence-electron chi connectivity index (χ1n) is 11.3. The van der Waals surface area contributed by atoms with Crippen molar-refractivity contribution in [2.75, 3.05) is 13.2 Å². The van der Waals surface area contributed by atoms with E-state index in [1.54, 1.807) is 6.07 Å². The molecule has 0 fully saturated rings. The Morgan fingerprint density at radius 2 is 1.80 bits per heavy atom. The third-order valence-corrected chi connectivity index (χ3v) is 5.81. The number of aromatic nitrogens is 1. The summed E-state index contributed by atoms with van der Waals surface area (Å²) in [6.07, 6.45) is 0.663. The highest BCUT2D eigenvalue weighted by molar-refractivity contribution is 6.33. The molecule has 2 aromatic heterocycles. The third kappa shape index (κ3) is 6.74. The molecule has 4 rings (SSSR count). The molecule has 0 bridgehead atoms. The van der Waals surface area contributed by atoms with Gasteiger partial charge in [0, 0.05) is 25.5 Å². The Kier molecular flexibility index (Phi) is 7.90. The van der Waals surface area contributed by atoms with Gasteiger partial charge in [0.1, 0.15) is 23.0 Å². The molecule has 0 saturated heterocycles. The fraction of sp³-hybridized carbons (Fsp3) is 0.259. The molecule has 7 nitrogen and oxygen atoms in total. The summed E-state index contributed by atoms with van der Waals surface area (Å²) in [5.74, 6) is 2.63. The van der Waals surface area contributed by atoms with Gasteiger partial charge in [-0.15, -0.1) is 0 Å². The van der Waals surface area contributed by atoms with E-state index in [-0.39, 0.29) is 6.54 Å². The minimum atomic E-state index is -0.902. The molecule has 2 aromatic carbocycles. The van der Waals surface area contributed by atoms with Crippen molar-refractivity contribution in [3.8, 4) is 17.1 Å². The summed E-state index contributed by atoms with van der Waals surface area (Å²) in [5.41, 5.74) is 2.67. The van der Waals surface area contributed by atoms with Crippen LogP contribution in [0, 0.1) is 13.8 Å². The van der Waals surface area contributed by atoms with Gasteiger partial charge < -0.3 is 18.7 Å². The van der Waals surface area contributed by atoms with Crippen molar-refractivity contribution >= 4 is 17.6 Å². The Morgan fingerprint density at radius 3 is 2.49 bits per heavy atom. The molecule has 2 heterocycles. The first-order valence-corrected chi connectivity index (χ1v) is 11.7. The van der Waals surface area contributed by atoms with Gasteiger partial charge in [-0.1, -0.05) is 35.9 Å². The van der Waals surface area contributed by atoms with Crippen molar-refractivity contribution in [2.45, 2.75) is 33.4 Å². The van der Waals surface area contributed by atoms with Gasteiger partial charge >= 0.3 is 5.97 Å². The zero-order valence-electron chi connectivity index (χ0n) is 19.7. The molecule has 0 radical (unpaired) electrons. The van der Waals surface area contributed by atoms with E-state index in [2.05, 4.69) is 4.98 Å². The van der Waals surface area contributed by atoms with Crippen LogP contribution in [0.15, 0.2) is 69.5 Å². The molecule has 8 heteroatoms. The van der Waals surface area contributed by atoms with Crippen LogP contribution in [0.5, 0.6) is 5.75 Å². The van der Waals surface area contributed by atoms with Crippen LogP contribution in [-0.2, 0) is 24.3 Å². The number of nitrogens with zero attached hydrogens (tertiary/aromatic N) is 2. The average Bonchev–Trinajstić information content (AvgIpc) is 3.40. The summed E-state index contributed by atoms with van der Waals surface area (Å²) in [5, 5.41) is 10.00. The number of benzene rings is 2. The number of hydrogen-bond acceptors (Lipinski definition) is 6. The molecular formula is C27H27ClN2O5. The fourth-order valence-corrected chi connectivity index (χ4v) is 4.10. The van der Waals surface area contributed by atoms with Crippen LogP contribution in [0.1, 0.15) is 28.7 Å². The molecule has 4 aromatic rings. The second-order valence-corrected chi connectivity index (χ2v) is 8.67. The van der Waals surface area contributed by atoms with Crippen LogP contribution in [-0.4, -0.2) is 34.1 Å². The SMILES string of the molecule is Cc1nc(CCOc2ccc(CN(CC(=O)O)Cc3ccc(-c4ccccc4Cl)o3)cc2)c(C)o1. The number of aryl methyl sites for hydroxylation is 2. The number of oxazole rings is 1. The molecule has 0 aliphatic rings. The maximum absolute atomic E-state index is 11.5. The van der Waals surface area contributed by atoms with E-state index >= 15 is 0 Å². The van der Waals surface area contributed by atoms with Gasteiger partial charge in [0.2, 0.25) is 0 Å². The van der Waals surface area contributed by atoms with Crippen LogP contribution in [0.25, 0.3) is 11.3 Å². The maximum Gasteiger partial charge on any atom is 0.317 e. The molecule has 1 N–H and O–H groups in total. The van der Waals surface area contributed by atoms with Gasteiger partial charge in [0.05, 0.1) is 30.4 Å². The average molecular weight is 495 g/mol. The summed E-state index contributed by atoms with van der Waals surface area (Å²) in [6.45, 7) is 4.90. The number of halogens is 1. The molecule has 0 aliphatic heterocycles. The van der Waals surface area contributed by atoms with E-state index in [1.807, 2.05) is 73.3 Å². The number of hydrogen-bond donors (Lipinski definition) is 1. The smallest absolute Gasteiger partial charge is 0.317 e. The lowest BCUT2D eigenvalue weighted by molar-refractivity contribution is -0.138. The number of carbonyl (C=O) groups is 1. The Hall–Kier alpha value is -3.55. The normalized spacial score (nSPS) is 11.2. The molecule has 0 saturated carbocycles. The highest BCUT2D eigenvalue weighted by Gasteiger charge is 2.15.